The molecule has 1 aliphatic heterocycles. The van der Waals surface area contributed by atoms with E-state index >= 15 is 0 Å². The SMILES string of the molecule is CN1c2ccccc2N=C(c2ccc(NC(=O)c3cc([N+](=O)[O-])ccc3Cl)cc2)c2cc3c(cc21)C(C)(C)CCC3(C)C. The second-order valence-corrected chi connectivity index (χ2v) is 13.1. The molecule has 0 saturated heterocycles. The van der Waals surface area contributed by atoms with E-state index in [0.29, 0.717) is 5.69 Å². The van der Waals surface area contributed by atoms with Crippen LogP contribution in [-0.4, -0.2) is 23.6 Å². The van der Waals surface area contributed by atoms with Crippen LogP contribution < -0.4 is 10.2 Å². The number of benzene rings is 4. The van der Waals surface area contributed by atoms with E-state index in [-0.39, 0.29) is 27.1 Å². The summed E-state index contributed by atoms with van der Waals surface area (Å²) in [5.74, 6) is -0.523. The molecule has 4 aromatic rings. The fourth-order valence-corrected chi connectivity index (χ4v) is 6.36. The number of rotatable bonds is 4. The summed E-state index contributed by atoms with van der Waals surface area (Å²) in [4.78, 5) is 31.1. The summed E-state index contributed by atoms with van der Waals surface area (Å²) in [5, 5.41) is 14.2. The van der Waals surface area contributed by atoms with Gasteiger partial charge in [0.2, 0.25) is 0 Å². The number of aliphatic imine (C=N–C) groups is 1. The van der Waals surface area contributed by atoms with Crippen LogP contribution in [0.5, 0.6) is 0 Å². The topological polar surface area (TPSA) is 87.8 Å². The molecule has 8 heteroatoms. The number of non-ortho nitro benzene ring substituents is 1. The third kappa shape index (κ3) is 5.08. The number of halogens is 1. The van der Waals surface area contributed by atoms with Crippen LogP contribution in [0, 0.1) is 10.1 Å². The first kappa shape index (κ1) is 28.6. The highest BCUT2D eigenvalue weighted by Gasteiger charge is 2.39. The van der Waals surface area contributed by atoms with E-state index in [1.165, 1.54) is 29.3 Å². The van der Waals surface area contributed by atoms with E-state index in [1.54, 1.807) is 0 Å². The van der Waals surface area contributed by atoms with E-state index < -0.39 is 10.8 Å². The van der Waals surface area contributed by atoms with E-state index in [4.69, 9.17) is 16.6 Å². The van der Waals surface area contributed by atoms with Gasteiger partial charge >= 0.3 is 0 Å². The predicted octanol–water partition coefficient (Wildman–Crippen LogP) is 9.10. The minimum Gasteiger partial charge on any atom is -0.342 e. The van der Waals surface area contributed by atoms with Gasteiger partial charge in [-0.2, -0.15) is 0 Å². The van der Waals surface area contributed by atoms with Crippen LogP contribution >= 0.6 is 11.6 Å². The number of nitrogens with one attached hydrogen (secondary N) is 1. The first-order valence-corrected chi connectivity index (χ1v) is 14.7. The lowest BCUT2D eigenvalue weighted by molar-refractivity contribution is -0.384. The highest BCUT2D eigenvalue weighted by atomic mass is 35.5. The van der Waals surface area contributed by atoms with Crippen LogP contribution in [0.3, 0.4) is 0 Å². The van der Waals surface area contributed by atoms with Gasteiger partial charge in [-0.3, -0.25) is 14.9 Å². The molecule has 0 atom stereocenters. The number of carbonyl (C=O) groups excluding carboxylic acids is 1. The van der Waals surface area contributed by atoms with Crippen molar-refractivity contribution in [2.45, 2.75) is 51.4 Å². The van der Waals surface area contributed by atoms with Gasteiger partial charge in [0.05, 0.1) is 38.3 Å². The monoisotopic (exact) mass is 592 g/mol. The first-order valence-electron chi connectivity index (χ1n) is 14.3. The molecule has 0 radical (unpaired) electrons. The molecule has 0 aromatic heterocycles. The Hall–Kier alpha value is -4.49. The molecule has 1 heterocycles. The molecule has 1 N–H and O–H groups in total. The van der Waals surface area contributed by atoms with Crippen molar-refractivity contribution >= 4 is 51.7 Å². The Morgan fingerprint density at radius 1 is 0.907 bits per heavy atom. The molecular formula is C35H33ClN4O3. The molecular weight excluding hydrogens is 560 g/mol. The normalized spacial score (nSPS) is 16.2. The van der Waals surface area contributed by atoms with Gasteiger partial charge in [0, 0.05) is 36.0 Å². The van der Waals surface area contributed by atoms with Gasteiger partial charge in [-0.15, -0.1) is 0 Å². The van der Waals surface area contributed by atoms with Gasteiger partial charge in [0.15, 0.2) is 0 Å². The maximum atomic E-state index is 13.0. The summed E-state index contributed by atoms with van der Waals surface area (Å²) in [6.45, 7) is 9.32. The molecule has 0 unspecified atom stereocenters. The fraction of sp³-hybridized carbons (Fsp3) is 0.257. The zero-order valence-corrected chi connectivity index (χ0v) is 25.6. The van der Waals surface area contributed by atoms with Crippen molar-refractivity contribution in [3.8, 4) is 0 Å². The van der Waals surface area contributed by atoms with Crippen LogP contribution in [-0.2, 0) is 10.8 Å². The van der Waals surface area contributed by atoms with Gasteiger partial charge in [-0.1, -0.05) is 63.6 Å². The second kappa shape index (κ2) is 10.3. The Kier molecular flexibility index (Phi) is 6.89. The van der Waals surface area contributed by atoms with Crippen LogP contribution in [0.4, 0.5) is 28.4 Å². The number of carbonyl (C=O) groups is 1. The zero-order valence-electron chi connectivity index (χ0n) is 24.9. The standard InChI is InChI=1S/C35H33ClN4O3/c1-34(2)16-17-35(3,4)27-20-31-25(19-26(27)34)32(38-29-8-6-7-9-30(29)39(31)5)21-10-12-22(13-11-21)37-33(41)24-18-23(40(42)43)14-15-28(24)36/h6-15,18-20H,16-17H2,1-5H3,(H,37,41). The van der Waals surface area contributed by atoms with Crippen LogP contribution in [0.1, 0.15) is 73.1 Å². The summed E-state index contributed by atoms with van der Waals surface area (Å²) < 4.78 is 0. The van der Waals surface area contributed by atoms with Gasteiger partial charge in [0.1, 0.15) is 0 Å². The Morgan fingerprint density at radius 2 is 1.56 bits per heavy atom. The van der Waals surface area contributed by atoms with Crippen molar-refractivity contribution in [1.82, 2.24) is 0 Å². The number of nitrogens with zero attached hydrogens (tertiary/aromatic N) is 3. The average molecular weight is 593 g/mol. The lowest BCUT2D eigenvalue weighted by Crippen LogP contribution is -2.34. The molecule has 0 saturated carbocycles. The van der Waals surface area contributed by atoms with Crippen LogP contribution in [0.2, 0.25) is 5.02 Å². The second-order valence-electron chi connectivity index (χ2n) is 12.6. The predicted molar refractivity (Wildman–Crippen MR) is 174 cm³/mol. The summed E-state index contributed by atoms with van der Waals surface area (Å²) in [5.41, 5.74) is 9.04. The number of nitro groups is 1. The molecule has 1 aliphatic carbocycles. The van der Waals surface area contributed by atoms with Crippen molar-refractivity contribution in [2.24, 2.45) is 4.99 Å². The highest BCUT2D eigenvalue weighted by molar-refractivity contribution is 6.34. The smallest absolute Gasteiger partial charge is 0.270 e. The van der Waals surface area contributed by atoms with E-state index in [2.05, 4.69) is 63.2 Å². The lowest BCUT2D eigenvalue weighted by atomic mass is 9.62. The van der Waals surface area contributed by atoms with Crippen LogP contribution in [0.25, 0.3) is 0 Å². The molecule has 6 rings (SSSR count). The summed E-state index contributed by atoms with van der Waals surface area (Å²) in [7, 11) is 2.10. The number of amides is 1. The number of para-hydroxylation sites is 2. The first-order chi connectivity index (χ1) is 20.4. The molecule has 43 heavy (non-hydrogen) atoms. The zero-order chi connectivity index (χ0) is 30.7. The summed E-state index contributed by atoms with van der Waals surface area (Å²) >= 11 is 6.19. The Morgan fingerprint density at radius 3 is 2.23 bits per heavy atom. The van der Waals surface area contributed by atoms with Crippen molar-refractivity contribution in [2.75, 3.05) is 17.3 Å². The molecule has 0 fully saturated rings. The maximum Gasteiger partial charge on any atom is 0.270 e. The Labute approximate surface area is 256 Å². The average Bonchev–Trinajstić information content (AvgIpc) is 3.10. The molecule has 0 bridgehead atoms. The minimum absolute atomic E-state index is 0.0324. The van der Waals surface area contributed by atoms with E-state index in [1.807, 2.05) is 42.5 Å². The third-order valence-electron chi connectivity index (χ3n) is 8.88. The molecule has 2 aliphatic rings. The van der Waals surface area contributed by atoms with Crippen molar-refractivity contribution in [1.29, 1.82) is 0 Å². The van der Waals surface area contributed by atoms with E-state index in [9.17, 15) is 14.9 Å². The van der Waals surface area contributed by atoms with Crippen molar-refractivity contribution in [3.63, 3.8) is 0 Å². The van der Waals surface area contributed by atoms with Crippen molar-refractivity contribution in [3.05, 3.63) is 122 Å². The summed E-state index contributed by atoms with van der Waals surface area (Å²) in [6.07, 6.45) is 2.24. The number of hydrogen-bond donors (Lipinski definition) is 1. The van der Waals surface area contributed by atoms with Crippen LogP contribution in [0.15, 0.2) is 83.9 Å². The van der Waals surface area contributed by atoms with Gasteiger partial charge < -0.3 is 10.2 Å². The third-order valence-corrected chi connectivity index (χ3v) is 9.21. The maximum absolute atomic E-state index is 13.0. The summed E-state index contributed by atoms with van der Waals surface area (Å²) in [6, 6.07) is 24.2. The van der Waals surface area contributed by atoms with Gasteiger partial charge in [0.25, 0.3) is 11.6 Å². The largest absolute Gasteiger partial charge is 0.342 e. The highest BCUT2D eigenvalue weighted by Crippen LogP contribution is 2.50. The number of anilines is 3. The quantitative estimate of drug-likeness (QED) is 0.189. The molecule has 218 valence electrons. The molecule has 7 nitrogen and oxygen atoms in total. The van der Waals surface area contributed by atoms with Gasteiger partial charge in [-0.25, -0.2) is 4.99 Å². The molecule has 1 amide bonds. The number of nitro benzene ring substituents is 1. The molecule has 4 aromatic carbocycles. The van der Waals surface area contributed by atoms with Crippen molar-refractivity contribution < 1.29 is 9.72 Å². The van der Waals surface area contributed by atoms with Gasteiger partial charge in [-0.05, 0) is 77.3 Å². The van der Waals surface area contributed by atoms with E-state index in [0.717, 1.165) is 46.7 Å². The number of fused-ring (bicyclic) bond motifs is 3. The Balaban J connectivity index is 1.43. The lowest BCUT2D eigenvalue weighted by Gasteiger charge is -2.43. The Bertz CT molecular complexity index is 1830. The molecule has 0 spiro atoms. The fourth-order valence-electron chi connectivity index (χ4n) is 6.15. The minimum atomic E-state index is -0.554. The number of hydrogen-bond acceptors (Lipinski definition) is 5.